The highest BCUT2D eigenvalue weighted by Crippen LogP contribution is 2.33. The van der Waals surface area contributed by atoms with Crippen LogP contribution in [0.1, 0.15) is 5.56 Å². The number of rotatable bonds is 5. The lowest BCUT2D eigenvalue weighted by atomic mass is 10.2. The molecule has 0 aliphatic rings. The number of hydrogen-bond acceptors (Lipinski definition) is 5. The highest BCUT2D eigenvalue weighted by Gasteiger charge is 2.31. The summed E-state index contributed by atoms with van der Waals surface area (Å²) in [6.07, 6.45) is -1.41. The van der Waals surface area contributed by atoms with Gasteiger partial charge in [-0.1, -0.05) is 17.8 Å². The molecule has 3 rings (SSSR count). The summed E-state index contributed by atoms with van der Waals surface area (Å²) in [5, 5.41) is 8.32. The van der Waals surface area contributed by atoms with E-state index in [0.717, 1.165) is 23.9 Å². The summed E-state index contributed by atoms with van der Waals surface area (Å²) in [6, 6.07) is 8.13. The summed E-state index contributed by atoms with van der Waals surface area (Å²) in [4.78, 5) is 15.0. The first-order valence-corrected chi connectivity index (χ1v) is 8.29. The minimum Gasteiger partial charge on any atom is -0.369 e. The van der Waals surface area contributed by atoms with E-state index in [1.54, 1.807) is 12.1 Å². The summed E-state index contributed by atoms with van der Waals surface area (Å²) in [6.45, 7) is 0. The Morgan fingerprint density at radius 2 is 1.88 bits per heavy atom. The van der Waals surface area contributed by atoms with Crippen LogP contribution in [0.4, 0.5) is 13.2 Å². The molecular weight excluding hydrogens is 367 g/mol. The molecule has 134 valence electrons. The number of halogens is 3. The number of hydrogen-bond donors (Lipinski definition) is 1. The van der Waals surface area contributed by atoms with Crippen LogP contribution < -0.4 is 5.73 Å². The molecule has 0 saturated carbocycles. The van der Waals surface area contributed by atoms with Gasteiger partial charge in [0.15, 0.2) is 11.0 Å². The molecule has 0 atom stereocenters. The van der Waals surface area contributed by atoms with E-state index in [9.17, 15) is 18.0 Å². The summed E-state index contributed by atoms with van der Waals surface area (Å²) in [5.41, 5.74) is 5.20. The van der Waals surface area contributed by atoms with Crippen molar-refractivity contribution < 1.29 is 18.0 Å². The van der Waals surface area contributed by atoms with Gasteiger partial charge in [0.05, 0.1) is 17.0 Å². The first-order valence-electron chi connectivity index (χ1n) is 7.31. The molecule has 1 amide bonds. The molecule has 0 saturated heterocycles. The maximum Gasteiger partial charge on any atom is 0.416 e. The third-order valence-electron chi connectivity index (χ3n) is 3.35. The van der Waals surface area contributed by atoms with Crippen molar-refractivity contribution in [2.75, 3.05) is 5.75 Å². The average Bonchev–Trinajstić information content (AvgIpc) is 3.04. The van der Waals surface area contributed by atoms with Crippen molar-refractivity contribution in [2.45, 2.75) is 11.3 Å². The molecule has 1 aromatic carbocycles. The van der Waals surface area contributed by atoms with Gasteiger partial charge in [-0.3, -0.25) is 14.3 Å². The van der Waals surface area contributed by atoms with Crippen LogP contribution in [-0.2, 0) is 11.0 Å². The Morgan fingerprint density at radius 3 is 2.54 bits per heavy atom. The highest BCUT2D eigenvalue weighted by molar-refractivity contribution is 7.99. The zero-order valence-electron chi connectivity index (χ0n) is 13.1. The molecule has 0 aliphatic carbocycles. The smallest absolute Gasteiger partial charge is 0.369 e. The Kier molecular flexibility index (Phi) is 4.94. The van der Waals surface area contributed by atoms with Crippen LogP contribution in [0.15, 0.2) is 53.9 Å². The SMILES string of the molecule is NC(=O)CSc1nnc(-c2ccncc2)n1-c1cccc(C(F)(F)F)c1. The van der Waals surface area contributed by atoms with Gasteiger partial charge in [0.1, 0.15) is 0 Å². The number of carbonyl (C=O) groups excluding carboxylic acids is 1. The lowest BCUT2D eigenvalue weighted by molar-refractivity contribution is -0.137. The maximum absolute atomic E-state index is 13.1. The molecule has 0 aliphatic heterocycles. The van der Waals surface area contributed by atoms with Crippen molar-refractivity contribution in [1.29, 1.82) is 0 Å². The maximum atomic E-state index is 13.1. The Labute approximate surface area is 150 Å². The van der Waals surface area contributed by atoms with E-state index in [-0.39, 0.29) is 16.6 Å². The van der Waals surface area contributed by atoms with E-state index >= 15 is 0 Å². The molecule has 2 aromatic heterocycles. The Balaban J connectivity index is 2.14. The summed E-state index contributed by atoms with van der Waals surface area (Å²) >= 11 is 0.997. The quantitative estimate of drug-likeness (QED) is 0.689. The molecule has 2 heterocycles. The predicted octanol–water partition coefficient (Wildman–Crippen LogP) is 2.93. The Morgan fingerprint density at radius 1 is 1.15 bits per heavy atom. The minimum absolute atomic E-state index is 0.0760. The van der Waals surface area contributed by atoms with Gasteiger partial charge in [-0.15, -0.1) is 10.2 Å². The average molecular weight is 379 g/mol. The van der Waals surface area contributed by atoms with Crippen LogP contribution in [0, 0.1) is 0 Å². The van der Waals surface area contributed by atoms with Gasteiger partial charge in [0.25, 0.3) is 0 Å². The standard InChI is InChI=1S/C16H12F3N5OS/c17-16(18,19)11-2-1-3-12(8-11)24-14(10-4-6-21-7-5-10)22-23-15(24)26-9-13(20)25/h1-8H,9H2,(H2,20,25). The number of benzene rings is 1. The topological polar surface area (TPSA) is 86.7 Å². The third-order valence-corrected chi connectivity index (χ3v) is 4.30. The second-order valence-corrected chi connectivity index (χ2v) is 6.12. The first kappa shape index (κ1) is 17.9. The number of aromatic nitrogens is 4. The predicted molar refractivity (Wildman–Crippen MR) is 89.5 cm³/mol. The van der Waals surface area contributed by atoms with Gasteiger partial charge in [-0.25, -0.2) is 0 Å². The minimum atomic E-state index is -4.48. The number of amides is 1. The second-order valence-electron chi connectivity index (χ2n) is 5.18. The van der Waals surface area contributed by atoms with Gasteiger partial charge in [0, 0.05) is 18.0 Å². The summed E-state index contributed by atoms with van der Waals surface area (Å²) in [5.74, 6) is -0.314. The van der Waals surface area contributed by atoms with Crippen LogP contribution >= 0.6 is 11.8 Å². The van der Waals surface area contributed by atoms with Crippen molar-refractivity contribution in [2.24, 2.45) is 5.73 Å². The second kappa shape index (κ2) is 7.16. The van der Waals surface area contributed by atoms with Crippen LogP contribution in [0.3, 0.4) is 0 Å². The fourth-order valence-electron chi connectivity index (χ4n) is 2.24. The number of pyridine rings is 1. The Bertz CT molecular complexity index is 927. The van der Waals surface area contributed by atoms with E-state index in [0.29, 0.717) is 11.4 Å². The van der Waals surface area contributed by atoms with Gasteiger partial charge >= 0.3 is 6.18 Å². The molecular formula is C16H12F3N5OS. The summed E-state index contributed by atoms with van der Waals surface area (Å²) < 4.78 is 40.7. The van der Waals surface area contributed by atoms with Gasteiger partial charge in [-0.05, 0) is 30.3 Å². The number of carbonyl (C=O) groups is 1. The van der Waals surface area contributed by atoms with Crippen molar-refractivity contribution in [3.05, 3.63) is 54.4 Å². The summed E-state index contributed by atoms with van der Waals surface area (Å²) in [7, 11) is 0. The fraction of sp³-hybridized carbons (Fsp3) is 0.125. The zero-order valence-corrected chi connectivity index (χ0v) is 14.0. The molecule has 0 radical (unpaired) electrons. The van der Waals surface area contributed by atoms with Crippen molar-refractivity contribution in [3.63, 3.8) is 0 Å². The van der Waals surface area contributed by atoms with Crippen LogP contribution in [0.5, 0.6) is 0 Å². The van der Waals surface area contributed by atoms with Crippen LogP contribution in [-0.4, -0.2) is 31.4 Å². The molecule has 26 heavy (non-hydrogen) atoms. The van der Waals surface area contributed by atoms with Crippen LogP contribution in [0.25, 0.3) is 17.1 Å². The Hall–Kier alpha value is -2.88. The van der Waals surface area contributed by atoms with Crippen molar-refractivity contribution >= 4 is 17.7 Å². The largest absolute Gasteiger partial charge is 0.416 e. The number of nitrogens with zero attached hydrogens (tertiary/aromatic N) is 4. The monoisotopic (exact) mass is 379 g/mol. The van der Waals surface area contributed by atoms with E-state index in [1.807, 2.05) is 0 Å². The number of primary amides is 1. The number of nitrogens with two attached hydrogens (primary N) is 1. The molecule has 3 aromatic rings. The van der Waals surface area contributed by atoms with Crippen molar-refractivity contribution in [1.82, 2.24) is 19.7 Å². The first-order chi connectivity index (χ1) is 12.4. The number of alkyl halides is 3. The van der Waals surface area contributed by atoms with E-state index < -0.39 is 17.6 Å². The molecule has 2 N–H and O–H groups in total. The fourth-order valence-corrected chi connectivity index (χ4v) is 2.93. The van der Waals surface area contributed by atoms with Crippen LogP contribution in [0.2, 0.25) is 0 Å². The molecule has 0 bridgehead atoms. The third kappa shape index (κ3) is 3.85. The molecule has 10 heteroatoms. The highest BCUT2D eigenvalue weighted by atomic mass is 32.2. The lowest BCUT2D eigenvalue weighted by Gasteiger charge is -2.13. The van der Waals surface area contributed by atoms with E-state index in [2.05, 4.69) is 15.2 Å². The molecule has 6 nitrogen and oxygen atoms in total. The van der Waals surface area contributed by atoms with E-state index in [4.69, 9.17) is 5.73 Å². The lowest BCUT2D eigenvalue weighted by Crippen LogP contribution is -2.14. The normalized spacial score (nSPS) is 11.5. The van der Waals surface area contributed by atoms with E-state index in [1.165, 1.54) is 29.1 Å². The van der Waals surface area contributed by atoms with Crippen molar-refractivity contribution in [3.8, 4) is 17.1 Å². The zero-order chi connectivity index (χ0) is 18.7. The number of thioether (sulfide) groups is 1. The molecule has 0 fully saturated rings. The molecule has 0 spiro atoms. The molecule has 0 unspecified atom stereocenters. The van der Waals surface area contributed by atoms with Gasteiger partial charge in [0.2, 0.25) is 5.91 Å². The van der Waals surface area contributed by atoms with Gasteiger partial charge < -0.3 is 5.73 Å². The van der Waals surface area contributed by atoms with Gasteiger partial charge in [-0.2, -0.15) is 13.2 Å².